The Morgan fingerprint density at radius 3 is 2.64 bits per heavy atom. The van der Waals surface area contributed by atoms with Gasteiger partial charge in [-0.05, 0) is 49.8 Å². The van der Waals surface area contributed by atoms with Gasteiger partial charge in [0.05, 0.1) is 12.1 Å². The Morgan fingerprint density at radius 1 is 1.12 bits per heavy atom. The quantitative estimate of drug-likeness (QED) is 0.338. The highest BCUT2D eigenvalue weighted by Gasteiger charge is 2.20. The lowest BCUT2D eigenvalue weighted by atomic mass is 9.92. The first-order valence-corrected chi connectivity index (χ1v) is 12.1. The minimum absolute atomic E-state index is 0.0373. The number of halogens is 1. The Bertz CT molecular complexity index is 985. The van der Waals surface area contributed by atoms with Crippen LogP contribution in [0.1, 0.15) is 78.1 Å². The molecule has 2 heterocycles. The van der Waals surface area contributed by atoms with Crippen LogP contribution in [0.4, 0.5) is 4.39 Å². The fraction of sp³-hybridized carbons (Fsp3) is 0.519. The van der Waals surface area contributed by atoms with Gasteiger partial charge in [-0.25, -0.2) is 4.39 Å². The minimum Gasteiger partial charge on any atom is -0.310 e. The first-order chi connectivity index (χ1) is 16.0. The van der Waals surface area contributed by atoms with E-state index in [9.17, 15) is 18.8 Å². The highest BCUT2D eigenvalue weighted by atomic mass is 19.1. The number of likely N-dealkylation sites (tertiary alicyclic amines) is 1. The molecule has 1 aliphatic rings. The van der Waals surface area contributed by atoms with E-state index in [0.717, 1.165) is 44.3 Å². The average molecular weight is 455 g/mol. The molecular weight excluding hydrogens is 419 g/mol. The van der Waals surface area contributed by atoms with Crippen LogP contribution >= 0.6 is 0 Å². The number of hydrogen-bond acceptors (Lipinski definition) is 4. The van der Waals surface area contributed by atoms with Crippen LogP contribution in [0.25, 0.3) is 0 Å². The standard InChI is InChI=1S/C27H35FN2O3/c1-2-25(31)24-17-23(20-30(27(24)33)19-22-9-4-3-5-10-22)26(32)13-7-6-11-21-12-8-15-29(18-21)16-14-28/h3-5,9-10,17,20-21H,2,6-8,11-16,18-19H2,1H3. The van der Waals surface area contributed by atoms with E-state index in [-0.39, 0.29) is 35.8 Å². The maximum absolute atomic E-state index is 12.9. The molecule has 2 aromatic rings. The summed E-state index contributed by atoms with van der Waals surface area (Å²) >= 11 is 0. The summed E-state index contributed by atoms with van der Waals surface area (Å²) in [5.41, 5.74) is 1.11. The van der Waals surface area contributed by atoms with Gasteiger partial charge in [-0.2, -0.15) is 0 Å². The van der Waals surface area contributed by atoms with Gasteiger partial charge in [0, 0.05) is 37.7 Å². The normalized spacial score (nSPS) is 16.6. The second-order valence-corrected chi connectivity index (χ2v) is 9.00. The molecule has 0 aliphatic carbocycles. The first kappa shape index (κ1) is 25.0. The number of unbranched alkanes of at least 4 members (excludes halogenated alkanes) is 1. The summed E-state index contributed by atoms with van der Waals surface area (Å²) in [4.78, 5) is 40.4. The van der Waals surface area contributed by atoms with Crippen molar-refractivity contribution in [2.45, 2.75) is 58.4 Å². The van der Waals surface area contributed by atoms with Crippen molar-refractivity contribution in [2.24, 2.45) is 5.92 Å². The Hall–Kier alpha value is -2.60. The van der Waals surface area contributed by atoms with Crippen molar-refractivity contribution in [3.05, 3.63) is 69.6 Å². The average Bonchev–Trinajstić information content (AvgIpc) is 2.83. The third-order valence-corrected chi connectivity index (χ3v) is 6.50. The number of rotatable bonds is 12. The predicted octanol–water partition coefficient (Wildman–Crippen LogP) is 4.91. The van der Waals surface area contributed by atoms with Crippen molar-refractivity contribution in [1.29, 1.82) is 0 Å². The fourth-order valence-corrected chi connectivity index (χ4v) is 4.65. The largest absolute Gasteiger partial charge is 0.310 e. The van der Waals surface area contributed by atoms with Crippen LogP contribution in [0, 0.1) is 5.92 Å². The number of carbonyl (C=O) groups is 2. The summed E-state index contributed by atoms with van der Waals surface area (Å²) in [7, 11) is 0. The van der Waals surface area contributed by atoms with Crippen molar-refractivity contribution >= 4 is 11.6 Å². The number of carbonyl (C=O) groups excluding carboxylic acids is 2. The summed E-state index contributed by atoms with van der Waals surface area (Å²) in [6, 6.07) is 11.0. The molecule has 1 fully saturated rings. The number of aromatic nitrogens is 1. The van der Waals surface area contributed by atoms with Gasteiger partial charge in [-0.15, -0.1) is 0 Å². The molecule has 1 aliphatic heterocycles. The van der Waals surface area contributed by atoms with Gasteiger partial charge in [0.2, 0.25) is 0 Å². The number of ketones is 2. The number of piperidine rings is 1. The molecule has 0 amide bonds. The van der Waals surface area contributed by atoms with E-state index >= 15 is 0 Å². The Labute approximate surface area is 195 Å². The molecule has 0 bridgehead atoms. The molecule has 1 saturated heterocycles. The Kier molecular flexibility index (Phi) is 9.55. The van der Waals surface area contributed by atoms with Crippen LogP contribution in [-0.4, -0.2) is 47.3 Å². The van der Waals surface area contributed by atoms with Gasteiger partial charge in [-0.3, -0.25) is 14.4 Å². The molecule has 0 radical (unpaired) electrons. The predicted molar refractivity (Wildman–Crippen MR) is 129 cm³/mol. The summed E-state index contributed by atoms with van der Waals surface area (Å²) in [5, 5.41) is 0. The molecule has 1 atom stereocenters. The zero-order chi connectivity index (χ0) is 23.6. The van der Waals surface area contributed by atoms with Crippen LogP contribution < -0.4 is 5.56 Å². The van der Waals surface area contributed by atoms with E-state index in [1.165, 1.54) is 17.1 Å². The highest BCUT2D eigenvalue weighted by molar-refractivity contribution is 6.00. The summed E-state index contributed by atoms with van der Waals surface area (Å²) in [5.74, 6) is 0.290. The molecular formula is C27H35FN2O3. The van der Waals surface area contributed by atoms with Crippen LogP contribution in [0.2, 0.25) is 0 Å². The lowest BCUT2D eigenvalue weighted by Crippen LogP contribution is -2.36. The van der Waals surface area contributed by atoms with Gasteiger partial charge in [-0.1, -0.05) is 43.7 Å². The molecule has 0 saturated carbocycles. The van der Waals surface area contributed by atoms with E-state index in [0.29, 0.717) is 31.0 Å². The second-order valence-electron chi connectivity index (χ2n) is 9.00. The molecule has 1 unspecified atom stereocenters. The summed E-state index contributed by atoms with van der Waals surface area (Å²) in [6.07, 6.45) is 7.26. The second kappa shape index (κ2) is 12.6. The van der Waals surface area contributed by atoms with Crippen LogP contribution in [-0.2, 0) is 6.54 Å². The van der Waals surface area contributed by atoms with E-state index in [4.69, 9.17) is 0 Å². The van der Waals surface area contributed by atoms with Crippen molar-refractivity contribution in [2.75, 3.05) is 26.3 Å². The molecule has 0 spiro atoms. The number of pyridine rings is 1. The molecule has 1 aromatic heterocycles. The molecule has 0 N–H and O–H groups in total. The number of alkyl halides is 1. The zero-order valence-corrected chi connectivity index (χ0v) is 19.6. The maximum atomic E-state index is 12.9. The van der Waals surface area contributed by atoms with Crippen molar-refractivity contribution < 1.29 is 14.0 Å². The van der Waals surface area contributed by atoms with E-state index in [2.05, 4.69) is 4.90 Å². The lowest BCUT2D eigenvalue weighted by molar-refractivity contribution is 0.0976. The minimum atomic E-state index is -0.350. The highest BCUT2D eigenvalue weighted by Crippen LogP contribution is 2.22. The van der Waals surface area contributed by atoms with Gasteiger partial charge in [0.15, 0.2) is 11.6 Å². The molecule has 6 heteroatoms. The molecule has 1 aromatic carbocycles. The van der Waals surface area contributed by atoms with Crippen LogP contribution in [0.3, 0.4) is 0 Å². The summed E-state index contributed by atoms with van der Waals surface area (Å²) in [6.45, 7) is 4.20. The van der Waals surface area contributed by atoms with E-state index in [1.54, 1.807) is 13.1 Å². The molecule has 5 nitrogen and oxygen atoms in total. The zero-order valence-electron chi connectivity index (χ0n) is 19.6. The topological polar surface area (TPSA) is 59.4 Å². The Morgan fingerprint density at radius 2 is 1.91 bits per heavy atom. The summed E-state index contributed by atoms with van der Waals surface area (Å²) < 4.78 is 14.1. The number of nitrogens with zero attached hydrogens (tertiary/aromatic N) is 2. The van der Waals surface area contributed by atoms with Crippen molar-refractivity contribution in [3.63, 3.8) is 0 Å². The van der Waals surface area contributed by atoms with Gasteiger partial charge in [0.1, 0.15) is 6.67 Å². The van der Waals surface area contributed by atoms with E-state index in [1.807, 2.05) is 30.3 Å². The molecule has 3 rings (SSSR count). The number of hydrogen-bond donors (Lipinski definition) is 0. The molecule has 178 valence electrons. The lowest BCUT2D eigenvalue weighted by Gasteiger charge is -2.32. The van der Waals surface area contributed by atoms with Crippen LogP contribution in [0.15, 0.2) is 47.4 Å². The van der Waals surface area contributed by atoms with Crippen molar-refractivity contribution in [3.8, 4) is 0 Å². The third-order valence-electron chi connectivity index (χ3n) is 6.50. The van der Waals surface area contributed by atoms with E-state index < -0.39 is 0 Å². The van der Waals surface area contributed by atoms with Crippen molar-refractivity contribution in [1.82, 2.24) is 9.47 Å². The van der Waals surface area contributed by atoms with Gasteiger partial charge < -0.3 is 9.47 Å². The van der Waals surface area contributed by atoms with Crippen LogP contribution in [0.5, 0.6) is 0 Å². The van der Waals surface area contributed by atoms with Gasteiger partial charge in [0.25, 0.3) is 5.56 Å². The monoisotopic (exact) mass is 454 g/mol. The molecule has 33 heavy (non-hydrogen) atoms. The number of Topliss-reactive ketones (excluding diaryl/α,β-unsaturated/α-hetero) is 2. The first-order valence-electron chi connectivity index (χ1n) is 12.1. The number of benzene rings is 1. The smallest absolute Gasteiger partial charge is 0.261 e. The fourth-order valence-electron chi connectivity index (χ4n) is 4.65. The SMILES string of the molecule is CCC(=O)c1cc(C(=O)CCCCC2CCCN(CCF)C2)cn(Cc2ccccc2)c1=O. The maximum Gasteiger partial charge on any atom is 0.261 e. The Balaban J connectivity index is 1.63. The third kappa shape index (κ3) is 7.19. The van der Waals surface area contributed by atoms with Gasteiger partial charge >= 0.3 is 0 Å².